The zero-order chi connectivity index (χ0) is 34.3. The zero-order valence-electron chi connectivity index (χ0n) is 27.4. The van der Waals surface area contributed by atoms with Gasteiger partial charge in [0.2, 0.25) is 11.8 Å². The summed E-state index contributed by atoms with van der Waals surface area (Å²) < 4.78 is 16.5. The molecule has 1 fully saturated rings. The Morgan fingerprint density at radius 3 is 2.33 bits per heavy atom. The van der Waals surface area contributed by atoms with Crippen LogP contribution in [0.5, 0.6) is 0 Å². The number of carbonyl (C=O) groups is 4. The van der Waals surface area contributed by atoms with Gasteiger partial charge in [-0.3, -0.25) is 9.59 Å². The Balaban J connectivity index is 1.30. The minimum atomic E-state index is -0.956. The summed E-state index contributed by atoms with van der Waals surface area (Å²) in [6, 6.07) is 14.8. The van der Waals surface area contributed by atoms with Crippen LogP contribution in [0, 0.1) is 5.92 Å². The Labute approximate surface area is 282 Å². The highest BCUT2D eigenvalue weighted by molar-refractivity contribution is 5.86. The van der Waals surface area contributed by atoms with E-state index in [0.717, 1.165) is 28.7 Å². The number of esters is 1. The number of aliphatic hydroxyl groups is 1. The summed E-state index contributed by atoms with van der Waals surface area (Å²) in [4.78, 5) is 53.9. The molecule has 0 saturated carbocycles. The smallest absolute Gasteiger partial charge is 0.407 e. The van der Waals surface area contributed by atoms with Gasteiger partial charge in [0, 0.05) is 25.4 Å². The third-order valence-corrected chi connectivity index (χ3v) is 8.69. The van der Waals surface area contributed by atoms with E-state index in [-0.39, 0.29) is 76.2 Å². The molecule has 1 heterocycles. The fourth-order valence-corrected chi connectivity index (χ4v) is 6.33. The SMILES string of the molecule is C=CCC[C@H](NC(=O)OCC1c2ccccc2-c2ccccc21)C(=O)OC[C@@H]1CCCN1C(=O)[C@H](CC=C)CC(=O)NCCOCCO. The molecule has 3 atom stereocenters. The number of carbonyl (C=O) groups excluding carboxylic acids is 4. The van der Waals surface area contributed by atoms with Crippen LogP contribution in [0.15, 0.2) is 73.8 Å². The van der Waals surface area contributed by atoms with Crippen molar-refractivity contribution in [3.63, 3.8) is 0 Å². The number of ether oxygens (including phenoxy) is 3. The lowest BCUT2D eigenvalue weighted by Crippen LogP contribution is -2.46. The fourth-order valence-electron chi connectivity index (χ4n) is 6.33. The van der Waals surface area contributed by atoms with E-state index < -0.39 is 24.0 Å². The Kier molecular flexibility index (Phi) is 14.2. The number of likely N-dealkylation sites (tertiary alicyclic amines) is 1. The predicted molar refractivity (Wildman–Crippen MR) is 181 cm³/mol. The number of aliphatic hydroxyl groups excluding tert-OH is 1. The lowest BCUT2D eigenvalue weighted by Gasteiger charge is -2.28. The zero-order valence-corrected chi connectivity index (χ0v) is 27.4. The summed E-state index contributed by atoms with van der Waals surface area (Å²) in [6.45, 7) is 8.67. The van der Waals surface area contributed by atoms with E-state index in [1.807, 2.05) is 36.4 Å². The predicted octanol–water partition coefficient (Wildman–Crippen LogP) is 4.10. The summed E-state index contributed by atoms with van der Waals surface area (Å²) in [7, 11) is 0. The van der Waals surface area contributed by atoms with Gasteiger partial charge in [0.25, 0.3) is 0 Å². The van der Waals surface area contributed by atoms with E-state index >= 15 is 0 Å². The maximum absolute atomic E-state index is 13.5. The first-order valence-corrected chi connectivity index (χ1v) is 16.6. The largest absolute Gasteiger partial charge is 0.462 e. The van der Waals surface area contributed by atoms with Gasteiger partial charge >= 0.3 is 12.1 Å². The molecule has 2 aromatic rings. The Hall–Kier alpha value is -4.48. The third kappa shape index (κ3) is 9.77. The first-order chi connectivity index (χ1) is 23.4. The van der Waals surface area contributed by atoms with Crippen LogP contribution in [0.1, 0.15) is 55.6 Å². The van der Waals surface area contributed by atoms with Crippen LogP contribution in [0.3, 0.4) is 0 Å². The number of allylic oxidation sites excluding steroid dienone is 2. The average Bonchev–Trinajstić information content (AvgIpc) is 3.70. The van der Waals surface area contributed by atoms with E-state index in [9.17, 15) is 19.2 Å². The molecule has 4 rings (SSSR count). The van der Waals surface area contributed by atoms with Gasteiger partial charge in [-0.15, -0.1) is 13.2 Å². The van der Waals surface area contributed by atoms with Crippen molar-refractivity contribution < 1.29 is 38.5 Å². The molecule has 1 aliphatic carbocycles. The van der Waals surface area contributed by atoms with Crippen LogP contribution in [0.2, 0.25) is 0 Å². The van der Waals surface area contributed by atoms with Gasteiger partial charge in [-0.1, -0.05) is 60.7 Å². The lowest BCUT2D eigenvalue weighted by atomic mass is 9.98. The summed E-state index contributed by atoms with van der Waals surface area (Å²) in [5.41, 5.74) is 4.41. The molecule has 0 unspecified atom stereocenters. The number of fused-ring (bicyclic) bond motifs is 3. The topological polar surface area (TPSA) is 144 Å². The molecular weight excluding hydrogens is 614 g/mol. The number of hydrogen-bond acceptors (Lipinski definition) is 8. The van der Waals surface area contributed by atoms with Crippen LogP contribution in [-0.4, -0.2) is 92.1 Å². The number of rotatable bonds is 19. The normalized spacial score (nSPS) is 16.3. The van der Waals surface area contributed by atoms with E-state index in [4.69, 9.17) is 19.3 Å². The first-order valence-electron chi connectivity index (χ1n) is 16.6. The maximum Gasteiger partial charge on any atom is 0.407 e. The number of benzene rings is 2. The molecule has 11 heteroatoms. The molecule has 0 aromatic heterocycles. The van der Waals surface area contributed by atoms with Crippen LogP contribution in [0.25, 0.3) is 11.1 Å². The molecule has 0 bridgehead atoms. The highest BCUT2D eigenvalue weighted by Gasteiger charge is 2.35. The van der Waals surface area contributed by atoms with Gasteiger partial charge in [-0.25, -0.2) is 9.59 Å². The molecule has 11 nitrogen and oxygen atoms in total. The fraction of sp³-hybridized carbons (Fsp3) is 0.459. The lowest BCUT2D eigenvalue weighted by molar-refractivity contribution is -0.150. The van der Waals surface area contributed by atoms with Crippen molar-refractivity contribution in [2.75, 3.05) is 46.1 Å². The summed E-state index contributed by atoms with van der Waals surface area (Å²) in [6.07, 6.45) is 5.00. The molecule has 48 heavy (non-hydrogen) atoms. The minimum Gasteiger partial charge on any atom is -0.462 e. The van der Waals surface area contributed by atoms with Crippen molar-refractivity contribution in [3.05, 3.63) is 85.0 Å². The van der Waals surface area contributed by atoms with Crippen LogP contribution in [0.4, 0.5) is 4.79 Å². The van der Waals surface area contributed by atoms with E-state index in [2.05, 4.69) is 35.9 Å². The van der Waals surface area contributed by atoms with Crippen molar-refractivity contribution in [3.8, 4) is 11.1 Å². The van der Waals surface area contributed by atoms with Gasteiger partial charge < -0.3 is 34.9 Å². The number of amides is 3. The monoisotopic (exact) mass is 661 g/mol. The van der Waals surface area contributed by atoms with Gasteiger partial charge in [0.1, 0.15) is 19.3 Å². The quantitative estimate of drug-likeness (QED) is 0.116. The second-order valence-corrected chi connectivity index (χ2v) is 12.0. The van der Waals surface area contributed by atoms with Gasteiger partial charge in [-0.05, 0) is 54.4 Å². The minimum absolute atomic E-state index is 0.0124. The Morgan fingerprint density at radius 1 is 0.958 bits per heavy atom. The van der Waals surface area contributed by atoms with Gasteiger partial charge in [-0.2, -0.15) is 0 Å². The standard InChI is InChI=1S/C37H47N3O8/c1-3-5-17-33(39-37(45)48-25-32-30-15-8-6-13-28(30)29-14-7-9-16-31(29)32)36(44)47-24-27-12-10-19-40(27)35(43)26(11-4-2)23-34(42)38-18-21-46-22-20-41/h3-4,6-9,13-16,26-27,32-33,41H,1-2,5,10-12,17-25H2,(H,38,42)(H,39,45)/t26-,27+,33+/m1/s1. The van der Waals surface area contributed by atoms with Gasteiger partial charge in [0.15, 0.2) is 0 Å². The highest BCUT2D eigenvalue weighted by Crippen LogP contribution is 2.44. The van der Waals surface area contributed by atoms with Crippen molar-refractivity contribution >= 4 is 23.9 Å². The van der Waals surface area contributed by atoms with Crippen LogP contribution in [-0.2, 0) is 28.6 Å². The first kappa shape index (κ1) is 36.4. The van der Waals surface area contributed by atoms with Gasteiger partial charge in [0.05, 0.1) is 31.8 Å². The highest BCUT2D eigenvalue weighted by atomic mass is 16.6. The van der Waals surface area contributed by atoms with Crippen LogP contribution >= 0.6 is 0 Å². The maximum atomic E-state index is 13.5. The van der Waals surface area contributed by atoms with Crippen LogP contribution < -0.4 is 10.6 Å². The van der Waals surface area contributed by atoms with E-state index in [1.165, 1.54) is 0 Å². The Morgan fingerprint density at radius 2 is 1.67 bits per heavy atom. The molecule has 0 radical (unpaired) electrons. The number of nitrogens with zero attached hydrogens (tertiary/aromatic N) is 1. The molecule has 2 aliphatic rings. The number of alkyl carbamates (subject to hydrolysis) is 1. The molecule has 1 saturated heterocycles. The second-order valence-electron chi connectivity index (χ2n) is 12.0. The number of hydrogen-bond donors (Lipinski definition) is 3. The average molecular weight is 662 g/mol. The summed E-state index contributed by atoms with van der Waals surface area (Å²) in [5.74, 6) is -1.81. The molecule has 0 spiro atoms. The molecule has 1 aliphatic heterocycles. The Bertz CT molecular complexity index is 1380. The summed E-state index contributed by atoms with van der Waals surface area (Å²) in [5, 5.41) is 14.2. The molecule has 2 aromatic carbocycles. The van der Waals surface area contributed by atoms with Crippen molar-refractivity contribution in [2.45, 2.75) is 56.5 Å². The van der Waals surface area contributed by atoms with Crippen molar-refractivity contribution in [1.29, 1.82) is 0 Å². The molecule has 258 valence electrons. The molecular formula is C37H47N3O8. The number of nitrogens with one attached hydrogen (secondary N) is 2. The third-order valence-electron chi connectivity index (χ3n) is 8.69. The second kappa shape index (κ2) is 18.8. The summed E-state index contributed by atoms with van der Waals surface area (Å²) >= 11 is 0. The van der Waals surface area contributed by atoms with E-state index in [0.29, 0.717) is 25.8 Å². The molecule has 3 amide bonds. The van der Waals surface area contributed by atoms with E-state index in [1.54, 1.807) is 17.1 Å². The molecule has 3 N–H and O–H groups in total. The van der Waals surface area contributed by atoms with Crippen molar-refractivity contribution in [1.82, 2.24) is 15.5 Å². The van der Waals surface area contributed by atoms with Crippen molar-refractivity contribution in [2.24, 2.45) is 5.92 Å².